The number of rotatable bonds is 4. The van der Waals surface area contributed by atoms with E-state index < -0.39 is 5.91 Å². The van der Waals surface area contributed by atoms with E-state index in [9.17, 15) is 9.59 Å². The number of anilines is 1. The minimum absolute atomic E-state index is 0.0693. The van der Waals surface area contributed by atoms with Crippen LogP contribution >= 0.6 is 11.3 Å². The number of aromatic nitrogens is 3. The van der Waals surface area contributed by atoms with Gasteiger partial charge in [-0.3, -0.25) is 9.59 Å². The molecule has 0 bridgehead atoms. The van der Waals surface area contributed by atoms with Crippen molar-refractivity contribution in [3.63, 3.8) is 0 Å². The smallest absolute Gasteiger partial charge is 0.264 e. The topological polar surface area (TPSA) is 96.8 Å². The van der Waals surface area contributed by atoms with Crippen LogP contribution in [0.25, 0.3) is 5.65 Å². The van der Waals surface area contributed by atoms with Gasteiger partial charge in [-0.15, -0.1) is 11.3 Å². The van der Waals surface area contributed by atoms with Gasteiger partial charge in [0.25, 0.3) is 11.8 Å². The molecule has 5 heterocycles. The number of carbonyl (C=O) groups excluding carboxylic acids is 2. The molecule has 3 aromatic rings. The van der Waals surface area contributed by atoms with Crippen LogP contribution in [0.1, 0.15) is 69.2 Å². The van der Waals surface area contributed by atoms with E-state index in [2.05, 4.69) is 18.7 Å². The summed E-state index contributed by atoms with van der Waals surface area (Å²) < 4.78 is 1.83. The van der Waals surface area contributed by atoms with E-state index in [0.29, 0.717) is 22.2 Å². The second kappa shape index (κ2) is 8.20. The summed E-state index contributed by atoms with van der Waals surface area (Å²) in [6.07, 6.45) is 6.09. The molecule has 2 aliphatic heterocycles. The fraction of sp³-hybridized carbons (Fsp3) is 0.478. The molecule has 0 radical (unpaired) electrons. The van der Waals surface area contributed by atoms with Crippen molar-refractivity contribution in [2.45, 2.75) is 45.6 Å². The molecule has 2 saturated heterocycles. The van der Waals surface area contributed by atoms with Gasteiger partial charge < -0.3 is 15.5 Å². The first-order chi connectivity index (χ1) is 15.4. The summed E-state index contributed by atoms with van der Waals surface area (Å²) in [7, 11) is 0. The molecule has 5 rings (SSSR count). The molecule has 0 saturated carbocycles. The molecular formula is C23H28N6O2S. The van der Waals surface area contributed by atoms with E-state index in [-0.39, 0.29) is 11.9 Å². The maximum atomic E-state index is 13.3. The van der Waals surface area contributed by atoms with Crippen LogP contribution in [0.15, 0.2) is 24.4 Å². The Morgan fingerprint density at radius 3 is 2.69 bits per heavy atom. The third kappa shape index (κ3) is 3.74. The van der Waals surface area contributed by atoms with Crippen molar-refractivity contribution in [1.82, 2.24) is 19.5 Å². The number of piperidine rings is 1. The van der Waals surface area contributed by atoms with Gasteiger partial charge in [0.1, 0.15) is 5.82 Å². The van der Waals surface area contributed by atoms with E-state index in [1.54, 1.807) is 12.1 Å². The van der Waals surface area contributed by atoms with Crippen molar-refractivity contribution in [2.75, 3.05) is 24.5 Å². The average molecular weight is 453 g/mol. The first-order valence-electron chi connectivity index (χ1n) is 11.2. The van der Waals surface area contributed by atoms with Crippen molar-refractivity contribution in [1.29, 1.82) is 0 Å². The third-order valence-corrected chi connectivity index (χ3v) is 7.60. The molecule has 3 aromatic heterocycles. The Balaban J connectivity index is 1.45. The molecule has 2 atom stereocenters. The summed E-state index contributed by atoms with van der Waals surface area (Å²) >= 11 is 1.15. The van der Waals surface area contributed by atoms with Crippen LogP contribution in [0.2, 0.25) is 0 Å². The van der Waals surface area contributed by atoms with Crippen molar-refractivity contribution in [3.8, 4) is 0 Å². The van der Waals surface area contributed by atoms with E-state index in [0.717, 1.165) is 66.4 Å². The van der Waals surface area contributed by atoms with Gasteiger partial charge in [-0.05, 0) is 50.7 Å². The number of likely N-dealkylation sites (tertiary alicyclic amines) is 1. The summed E-state index contributed by atoms with van der Waals surface area (Å²) in [6, 6.07) is 5.23. The molecule has 2 fully saturated rings. The Bertz CT molecular complexity index is 1180. The van der Waals surface area contributed by atoms with Crippen LogP contribution in [0.3, 0.4) is 0 Å². The van der Waals surface area contributed by atoms with Gasteiger partial charge in [-0.1, -0.05) is 6.92 Å². The largest absolute Gasteiger partial charge is 0.365 e. The summed E-state index contributed by atoms with van der Waals surface area (Å²) in [4.78, 5) is 34.8. The second-order valence-electron chi connectivity index (χ2n) is 9.00. The molecule has 2 amide bonds. The Labute approximate surface area is 191 Å². The van der Waals surface area contributed by atoms with Gasteiger partial charge in [-0.2, -0.15) is 5.10 Å². The maximum Gasteiger partial charge on any atom is 0.264 e. The van der Waals surface area contributed by atoms with E-state index in [1.165, 1.54) is 6.42 Å². The Morgan fingerprint density at radius 1 is 1.16 bits per heavy atom. The second-order valence-corrected chi connectivity index (χ2v) is 10.1. The van der Waals surface area contributed by atoms with Gasteiger partial charge in [0.05, 0.1) is 21.5 Å². The maximum absolute atomic E-state index is 13.3. The molecule has 2 N–H and O–H groups in total. The lowest BCUT2D eigenvalue weighted by Crippen LogP contribution is -2.38. The number of nitrogens with zero attached hydrogens (tertiary/aromatic N) is 5. The third-order valence-electron chi connectivity index (χ3n) is 6.51. The predicted octanol–water partition coefficient (Wildman–Crippen LogP) is 3.41. The summed E-state index contributed by atoms with van der Waals surface area (Å²) in [5.74, 6) is 1.14. The number of fused-ring (bicyclic) bond motifs is 1. The number of aryl methyl sites for hydroxylation is 1. The minimum atomic E-state index is -0.505. The van der Waals surface area contributed by atoms with Crippen LogP contribution in [-0.4, -0.2) is 50.9 Å². The van der Waals surface area contributed by atoms with Gasteiger partial charge in [0.2, 0.25) is 0 Å². The Morgan fingerprint density at radius 2 is 1.97 bits per heavy atom. The van der Waals surface area contributed by atoms with E-state index >= 15 is 0 Å². The highest BCUT2D eigenvalue weighted by atomic mass is 32.1. The molecule has 8 nitrogen and oxygen atoms in total. The van der Waals surface area contributed by atoms with Crippen LogP contribution in [-0.2, 0) is 0 Å². The van der Waals surface area contributed by atoms with Crippen molar-refractivity contribution in [3.05, 3.63) is 45.4 Å². The van der Waals surface area contributed by atoms with Gasteiger partial charge >= 0.3 is 0 Å². The van der Waals surface area contributed by atoms with Gasteiger partial charge in [0, 0.05) is 37.5 Å². The number of thiophene rings is 1. The molecule has 32 heavy (non-hydrogen) atoms. The van der Waals surface area contributed by atoms with Crippen LogP contribution in [0.4, 0.5) is 5.82 Å². The number of amides is 2. The lowest BCUT2D eigenvalue weighted by molar-refractivity contribution is 0.0610. The summed E-state index contributed by atoms with van der Waals surface area (Å²) in [5, 5.41) is 4.81. The fourth-order valence-corrected chi connectivity index (χ4v) is 5.65. The molecule has 168 valence electrons. The van der Waals surface area contributed by atoms with Crippen molar-refractivity contribution in [2.24, 2.45) is 11.7 Å². The zero-order valence-corrected chi connectivity index (χ0v) is 19.3. The van der Waals surface area contributed by atoms with Crippen LogP contribution in [0.5, 0.6) is 0 Å². The Hall–Kier alpha value is -2.94. The Kier molecular flexibility index (Phi) is 5.36. The highest BCUT2D eigenvalue weighted by molar-refractivity contribution is 7.15. The number of primary amides is 1. The number of hydrogen-bond acceptors (Lipinski definition) is 6. The number of nitrogens with two attached hydrogens (primary N) is 1. The molecule has 0 aliphatic carbocycles. The molecular weight excluding hydrogens is 424 g/mol. The average Bonchev–Trinajstić information content (AvgIpc) is 3.52. The first kappa shape index (κ1) is 20.9. The normalized spacial score (nSPS) is 21.4. The lowest BCUT2D eigenvalue weighted by Gasteiger charge is -2.34. The quantitative estimate of drug-likeness (QED) is 0.654. The molecule has 2 aliphatic rings. The first-order valence-corrected chi connectivity index (χ1v) is 12.0. The lowest BCUT2D eigenvalue weighted by atomic mass is 9.99. The highest BCUT2D eigenvalue weighted by Gasteiger charge is 2.32. The summed E-state index contributed by atoms with van der Waals surface area (Å²) in [5.41, 5.74) is 8.15. The molecule has 0 aromatic carbocycles. The number of carbonyl (C=O) groups is 2. The standard InChI is InChI=1S/C23H28N6O2S/c1-14-8-10-27(12-14)22-15(2)13-29-20(25-22)11-16(26-29)17-5-3-4-9-28(17)23(31)19-7-6-18(32-19)21(24)30/h6-7,11,13-14,17H,3-5,8-10,12H2,1-2H3,(H2,24,30)/t14-,17-/m0/s1. The van der Waals surface area contributed by atoms with Crippen LogP contribution in [0, 0.1) is 12.8 Å². The molecule has 9 heteroatoms. The van der Waals surface area contributed by atoms with Gasteiger partial charge in [0.15, 0.2) is 5.65 Å². The van der Waals surface area contributed by atoms with E-state index in [4.69, 9.17) is 15.8 Å². The monoisotopic (exact) mass is 452 g/mol. The predicted molar refractivity (Wildman–Crippen MR) is 124 cm³/mol. The minimum Gasteiger partial charge on any atom is -0.365 e. The van der Waals surface area contributed by atoms with Crippen LogP contribution < -0.4 is 10.6 Å². The van der Waals surface area contributed by atoms with E-state index in [1.807, 2.05) is 21.7 Å². The fourth-order valence-electron chi connectivity index (χ4n) is 4.84. The molecule has 0 unspecified atom stereocenters. The van der Waals surface area contributed by atoms with Crippen molar-refractivity contribution < 1.29 is 9.59 Å². The SMILES string of the molecule is Cc1cn2nc([C@@H]3CCCCN3C(=O)c3ccc(C(N)=O)s3)cc2nc1N1CC[C@H](C)C1. The zero-order chi connectivity index (χ0) is 22.4. The van der Waals surface area contributed by atoms with Crippen molar-refractivity contribution >= 4 is 34.6 Å². The highest BCUT2D eigenvalue weighted by Crippen LogP contribution is 2.34. The van der Waals surface area contributed by atoms with Gasteiger partial charge in [-0.25, -0.2) is 9.50 Å². The molecule has 0 spiro atoms. The zero-order valence-electron chi connectivity index (χ0n) is 18.5. The number of hydrogen-bond donors (Lipinski definition) is 1. The summed E-state index contributed by atoms with van der Waals surface area (Å²) in [6.45, 7) is 7.09.